The van der Waals surface area contributed by atoms with E-state index in [-0.39, 0.29) is 11.9 Å². The molecule has 1 heterocycles. The standard InChI is InChI=1S/C15H19NO3/c1-9(2)10(3)16-14(17)13-8-11-6-4-5-7-12(11)15(18)19-13/h4-7,9-10,13H,8H2,1-3H3,(H,16,17). The third-order valence-corrected chi connectivity index (χ3v) is 3.55. The minimum Gasteiger partial charge on any atom is -0.448 e. The molecule has 4 nitrogen and oxygen atoms in total. The minimum absolute atomic E-state index is 0.0587. The predicted octanol–water partition coefficient (Wildman–Crippen LogP) is 1.93. The molecule has 1 aliphatic rings. The second-order valence-corrected chi connectivity index (χ2v) is 5.30. The molecule has 1 aliphatic heterocycles. The Morgan fingerprint density at radius 2 is 2.00 bits per heavy atom. The third kappa shape index (κ3) is 2.95. The van der Waals surface area contributed by atoms with Crippen LogP contribution < -0.4 is 5.32 Å². The summed E-state index contributed by atoms with van der Waals surface area (Å²) in [6.45, 7) is 6.02. The molecule has 1 amide bonds. The molecule has 0 spiro atoms. The van der Waals surface area contributed by atoms with Crippen LogP contribution in [-0.4, -0.2) is 24.0 Å². The molecule has 0 aromatic heterocycles. The highest BCUT2D eigenvalue weighted by atomic mass is 16.5. The van der Waals surface area contributed by atoms with Crippen molar-refractivity contribution < 1.29 is 14.3 Å². The lowest BCUT2D eigenvalue weighted by Gasteiger charge is -2.26. The molecule has 1 aromatic rings. The molecule has 2 rings (SSSR count). The van der Waals surface area contributed by atoms with Gasteiger partial charge in [0.25, 0.3) is 5.91 Å². The molecule has 4 heteroatoms. The first kappa shape index (κ1) is 13.6. The maximum Gasteiger partial charge on any atom is 0.339 e. The van der Waals surface area contributed by atoms with Crippen molar-refractivity contribution in [3.63, 3.8) is 0 Å². The summed E-state index contributed by atoms with van der Waals surface area (Å²) in [6, 6.07) is 7.30. The molecular formula is C15H19NO3. The number of rotatable bonds is 3. The van der Waals surface area contributed by atoms with Crippen LogP contribution in [0.1, 0.15) is 36.7 Å². The van der Waals surface area contributed by atoms with Gasteiger partial charge in [-0.2, -0.15) is 0 Å². The van der Waals surface area contributed by atoms with E-state index in [1.54, 1.807) is 12.1 Å². The van der Waals surface area contributed by atoms with Crippen LogP contribution in [0.2, 0.25) is 0 Å². The van der Waals surface area contributed by atoms with Gasteiger partial charge in [0, 0.05) is 12.5 Å². The second-order valence-electron chi connectivity index (χ2n) is 5.30. The van der Waals surface area contributed by atoms with Gasteiger partial charge in [-0.1, -0.05) is 32.0 Å². The number of hydrogen-bond acceptors (Lipinski definition) is 3. The van der Waals surface area contributed by atoms with E-state index >= 15 is 0 Å². The van der Waals surface area contributed by atoms with E-state index in [0.29, 0.717) is 17.9 Å². The van der Waals surface area contributed by atoms with Crippen molar-refractivity contribution >= 4 is 11.9 Å². The summed E-state index contributed by atoms with van der Waals surface area (Å²) >= 11 is 0. The number of amides is 1. The zero-order chi connectivity index (χ0) is 14.0. The molecule has 0 bridgehead atoms. The molecular weight excluding hydrogens is 242 g/mol. The Kier molecular flexibility index (Phi) is 3.88. The summed E-state index contributed by atoms with van der Waals surface area (Å²) in [5, 5.41) is 2.88. The number of cyclic esters (lactones) is 1. The smallest absolute Gasteiger partial charge is 0.339 e. The van der Waals surface area contributed by atoms with E-state index in [4.69, 9.17) is 4.74 Å². The van der Waals surface area contributed by atoms with E-state index in [1.807, 2.05) is 32.9 Å². The van der Waals surface area contributed by atoms with Crippen molar-refractivity contribution in [2.75, 3.05) is 0 Å². The number of nitrogens with one attached hydrogen (secondary N) is 1. The van der Waals surface area contributed by atoms with Gasteiger partial charge in [0.2, 0.25) is 0 Å². The van der Waals surface area contributed by atoms with Crippen molar-refractivity contribution in [1.82, 2.24) is 5.32 Å². The molecule has 2 atom stereocenters. The largest absolute Gasteiger partial charge is 0.448 e. The number of ether oxygens (including phenoxy) is 1. The van der Waals surface area contributed by atoms with E-state index in [2.05, 4.69) is 5.32 Å². The first-order valence-corrected chi connectivity index (χ1v) is 6.58. The second kappa shape index (κ2) is 5.43. The van der Waals surface area contributed by atoms with E-state index in [9.17, 15) is 9.59 Å². The molecule has 0 saturated carbocycles. The fourth-order valence-corrected chi connectivity index (χ4v) is 1.96. The SMILES string of the molecule is CC(C)C(C)NC(=O)C1Cc2ccccc2C(=O)O1. The van der Waals surface area contributed by atoms with E-state index < -0.39 is 12.1 Å². The van der Waals surface area contributed by atoms with Gasteiger partial charge in [-0.15, -0.1) is 0 Å². The quantitative estimate of drug-likeness (QED) is 0.846. The van der Waals surface area contributed by atoms with Gasteiger partial charge in [0.05, 0.1) is 5.56 Å². The first-order valence-electron chi connectivity index (χ1n) is 6.58. The Morgan fingerprint density at radius 3 is 2.68 bits per heavy atom. The summed E-state index contributed by atoms with van der Waals surface area (Å²) in [5.74, 6) is -0.293. The molecule has 2 unspecified atom stereocenters. The van der Waals surface area contributed by atoms with Crippen molar-refractivity contribution in [3.05, 3.63) is 35.4 Å². The molecule has 0 radical (unpaired) electrons. The Labute approximate surface area is 113 Å². The summed E-state index contributed by atoms with van der Waals surface area (Å²) in [7, 11) is 0. The Morgan fingerprint density at radius 1 is 1.32 bits per heavy atom. The highest BCUT2D eigenvalue weighted by molar-refractivity contribution is 5.95. The molecule has 0 saturated heterocycles. The van der Waals surface area contributed by atoms with E-state index in [1.165, 1.54) is 0 Å². The third-order valence-electron chi connectivity index (χ3n) is 3.55. The normalized spacial score (nSPS) is 19.6. The van der Waals surface area contributed by atoms with Crippen molar-refractivity contribution in [1.29, 1.82) is 0 Å². The summed E-state index contributed by atoms with van der Waals surface area (Å²) in [5.41, 5.74) is 1.43. The van der Waals surface area contributed by atoms with Crippen LogP contribution in [-0.2, 0) is 16.0 Å². The number of hydrogen-bond donors (Lipinski definition) is 1. The van der Waals surface area contributed by atoms with Crippen LogP contribution in [0.4, 0.5) is 0 Å². The Bertz CT molecular complexity index is 496. The lowest BCUT2D eigenvalue weighted by molar-refractivity contribution is -0.131. The van der Waals surface area contributed by atoms with Gasteiger partial charge < -0.3 is 10.1 Å². The van der Waals surface area contributed by atoms with Gasteiger partial charge in [0.15, 0.2) is 6.10 Å². The molecule has 102 valence electrons. The molecule has 19 heavy (non-hydrogen) atoms. The highest BCUT2D eigenvalue weighted by Gasteiger charge is 2.31. The highest BCUT2D eigenvalue weighted by Crippen LogP contribution is 2.20. The molecule has 1 aromatic carbocycles. The first-order chi connectivity index (χ1) is 8.99. The Hall–Kier alpha value is -1.84. The number of carbonyl (C=O) groups excluding carboxylic acids is 2. The maximum absolute atomic E-state index is 12.1. The number of benzene rings is 1. The topological polar surface area (TPSA) is 55.4 Å². The van der Waals surface area contributed by atoms with Crippen LogP contribution in [0.5, 0.6) is 0 Å². The maximum atomic E-state index is 12.1. The number of carbonyl (C=O) groups is 2. The van der Waals surface area contributed by atoms with Crippen LogP contribution in [0.15, 0.2) is 24.3 Å². The average molecular weight is 261 g/mol. The fraction of sp³-hybridized carbons (Fsp3) is 0.467. The van der Waals surface area contributed by atoms with Crippen LogP contribution >= 0.6 is 0 Å². The fourth-order valence-electron chi connectivity index (χ4n) is 1.96. The van der Waals surface area contributed by atoms with Crippen LogP contribution in [0.3, 0.4) is 0 Å². The minimum atomic E-state index is -0.719. The number of esters is 1. The molecule has 0 aliphatic carbocycles. The summed E-state index contributed by atoms with van der Waals surface area (Å²) in [4.78, 5) is 23.9. The van der Waals surface area contributed by atoms with E-state index in [0.717, 1.165) is 5.56 Å². The van der Waals surface area contributed by atoms with Crippen molar-refractivity contribution in [2.45, 2.75) is 39.3 Å². The van der Waals surface area contributed by atoms with Gasteiger partial charge in [-0.3, -0.25) is 4.79 Å². The zero-order valence-corrected chi connectivity index (χ0v) is 11.5. The van der Waals surface area contributed by atoms with Crippen LogP contribution in [0.25, 0.3) is 0 Å². The lowest BCUT2D eigenvalue weighted by Crippen LogP contribution is -2.46. The predicted molar refractivity (Wildman–Crippen MR) is 71.8 cm³/mol. The average Bonchev–Trinajstić information content (AvgIpc) is 2.38. The zero-order valence-electron chi connectivity index (χ0n) is 11.5. The van der Waals surface area contributed by atoms with Gasteiger partial charge in [-0.25, -0.2) is 4.79 Å². The lowest BCUT2D eigenvalue weighted by atomic mass is 9.98. The number of fused-ring (bicyclic) bond motifs is 1. The Balaban J connectivity index is 2.09. The van der Waals surface area contributed by atoms with Crippen molar-refractivity contribution in [2.24, 2.45) is 5.92 Å². The molecule has 1 N–H and O–H groups in total. The van der Waals surface area contributed by atoms with Crippen molar-refractivity contribution in [3.8, 4) is 0 Å². The van der Waals surface area contributed by atoms with Gasteiger partial charge in [-0.05, 0) is 24.5 Å². The summed E-state index contributed by atoms with van der Waals surface area (Å²) < 4.78 is 5.20. The van der Waals surface area contributed by atoms with Gasteiger partial charge in [0.1, 0.15) is 0 Å². The molecule has 0 fully saturated rings. The monoisotopic (exact) mass is 261 g/mol. The summed E-state index contributed by atoms with van der Waals surface area (Å²) in [6.07, 6.45) is -0.276. The van der Waals surface area contributed by atoms with Gasteiger partial charge >= 0.3 is 5.97 Å². The van der Waals surface area contributed by atoms with Crippen LogP contribution in [0, 0.1) is 5.92 Å².